The van der Waals surface area contributed by atoms with E-state index in [9.17, 15) is 4.79 Å². The summed E-state index contributed by atoms with van der Waals surface area (Å²) in [7, 11) is 0. The van der Waals surface area contributed by atoms with E-state index in [2.05, 4.69) is 64.4 Å². The zero-order chi connectivity index (χ0) is 24.3. The minimum absolute atomic E-state index is 0.427. The Bertz CT molecular complexity index is 1280. The van der Waals surface area contributed by atoms with Gasteiger partial charge in [-0.05, 0) is 78.8 Å². The van der Waals surface area contributed by atoms with E-state index in [0.29, 0.717) is 18.1 Å². The summed E-state index contributed by atoms with van der Waals surface area (Å²) in [5.41, 5.74) is 0. The largest absolute Gasteiger partial charge is 0.353 e. The Morgan fingerprint density at radius 1 is 0.889 bits per heavy atom. The Morgan fingerprint density at radius 2 is 1.61 bits per heavy atom. The highest BCUT2D eigenvalue weighted by molar-refractivity contribution is 7.19. The van der Waals surface area contributed by atoms with Gasteiger partial charge in [-0.1, -0.05) is 43.2 Å². The summed E-state index contributed by atoms with van der Waals surface area (Å²) in [6.07, 6.45) is 7.75. The molecule has 4 nitrogen and oxygen atoms in total. The quantitative estimate of drug-likeness (QED) is 0.251. The zero-order valence-corrected chi connectivity index (χ0v) is 22.5. The minimum atomic E-state index is 0.427. The first-order chi connectivity index (χ1) is 17.7. The molecular weight excluding hydrogens is 482 g/mol. The van der Waals surface area contributed by atoms with Crippen molar-refractivity contribution < 1.29 is 4.79 Å². The normalized spacial score (nSPS) is 21.4. The summed E-state index contributed by atoms with van der Waals surface area (Å²) >= 11 is 3.39. The Labute approximate surface area is 222 Å². The van der Waals surface area contributed by atoms with E-state index in [4.69, 9.17) is 4.37 Å². The lowest BCUT2D eigenvalue weighted by molar-refractivity contribution is -0.119. The van der Waals surface area contributed by atoms with Crippen LogP contribution >= 0.6 is 22.9 Å². The maximum atomic E-state index is 12.7. The monoisotopic (exact) mass is 517 g/mol. The second-order valence-electron chi connectivity index (χ2n) is 10.7. The van der Waals surface area contributed by atoms with Gasteiger partial charge in [-0.25, -0.2) is 0 Å². The number of fused-ring (bicyclic) bond motifs is 2. The van der Waals surface area contributed by atoms with Gasteiger partial charge < -0.3 is 4.90 Å². The number of carbonyl (C=O) groups excluding carboxylic acids is 1. The van der Waals surface area contributed by atoms with Crippen molar-refractivity contribution in [3.05, 3.63) is 59.5 Å². The molecule has 6 heteroatoms. The average molecular weight is 518 g/mol. The summed E-state index contributed by atoms with van der Waals surface area (Å²) in [5.74, 6) is 3.03. The van der Waals surface area contributed by atoms with Gasteiger partial charge in [0.2, 0.25) is 0 Å². The molecule has 2 fully saturated rings. The first kappa shape index (κ1) is 24.1. The van der Waals surface area contributed by atoms with Crippen molar-refractivity contribution in [3.8, 4) is 0 Å². The number of anilines is 1. The summed E-state index contributed by atoms with van der Waals surface area (Å²) in [5, 5.41) is 2.57. The van der Waals surface area contributed by atoms with Crippen molar-refractivity contribution in [2.45, 2.75) is 44.9 Å². The van der Waals surface area contributed by atoms with Crippen molar-refractivity contribution >= 4 is 54.6 Å². The van der Waals surface area contributed by atoms with Crippen molar-refractivity contribution in [1.29, 1.82) is 0 Å². The number of carbonyl (C=O) groups is 1. The summed E-state index contributed by atoms with van der Waals surface area (Å²) < 4.78 is 7.32. The highest BCUT2D eigenvalue weighted by atomic mass is 32.1. The van der Waals surface area contributed by atoms with E-state index in [1.165, 1.54) is 69.5 Å². The average Bonchev–Trinajstić information content (AvgIpc) is 3.52. The third kappa shape index (κ3) is 5.51. The predicted molar refractivity (Wildman–Crippen MR) is 153 cm³/mol. The maximum Gasteiger partial charge on any atom is 0.150 e. The number of hydrogen-bond acceptors (Lipinski definition) is 6. The van der Waals surface area contributed by atoms with Gasteiger partial charge >= 0.3 is 0 Å². The Kier molecular flexibility index (Phi) is 7.35. The van der Waals surface area contributed by atoms with Crippen LogP contribution in [-0.4, -0.2) is 47.8 Å². The fourth-order valence-electron chi connectivity index (χ4n) is 6.09. The number of thiophene rings is 1. The number of benzene rings is 2. The lowest BCUT2D eigenvalue weighted by Crippen LogP contribution is -2.47. The summed E-state index contributed by atoms with van der Waals surface area (Å²) in [6.45, 7) is 5.62. The van der Waals surface area contributed by atoms with E-state index >= 15 is 0 Å². The van der Waals surface area contributed by atoms with E-state index in [-0.39, 0.29) is 0 Å². The van der Waals surface area contributed by atoms with Crippen molar-refractivity contribution in [1.82, 2.24) is 9.27 Å². The van der Waals surface area contributed by atoms with E-state index in [0.717, 1.165) is 38.5 Å². The highest BCUT2D eigenvalue weighted by Crippen LogP contribution is 2.34. The van der Waals surface area contributed by atoms with Gasteiger partial charge in [-0.15, -0.1) is 11.3 Å². The van der Waals surface area contributed by atoms with Gasteiger partial charge in [0.1, 0.15) is 11.6 Å². The molecule has 4 aromatic rings. The third-order valence-electron chi connectivity index (χ3n) is 8.21. The molecule has 2 aromatic carbocycles. The van der Waals surface area contributed by atoms with Crippen LogP contribution in [0.1, 0.15) is 43.4 Å². The predicted octanol–water partition coefficient (Wildman–Crippen LogP) is 7.03. The van der Waals surface area contributed by atoms with Crippen molar-refractivity contribution in [2.75, 3.05) is 37.6 Å². The fraction of sp³-hybridized carbons (Fsp3) is 0.467. The first-order valence-corrected chi connectivity index (χ1v) is 15.1. The van der Waals surface area contributed by atoms with Crippen molar-refractivity contribution in [3.63, 3.8) is 0 Å². The number of nitrogens with zero attached hydrogens (tertiary/aromatic N) is 3. The molecule has 6 rings (SSSR count). The highest BCUT2D eigenvalue weighted by Gasteiger charge is 2.25. The van der Waals surface area contributed by atoms with Gasteiger partial charge in [0.15, 0.2) is 0 Å². The Morgan fingerprint density at radius 3 is 2.42 bits per heavy atom. The van der Waals surface area contributed by atoms with Crippen molar-refractivity contribution in [2.24, 2.45) is 11.8 Å². The number of aromatic nitrogens is 1. The molecule has 36 heavy (non-hydrogen) atoms. The van der Waals surface area contributed by atoms with Crippen LogP contribution < -0.4 is 4.90 Å². The smallest absolute Gasteiger partial charge is 0.150 e. The molecule has 0 radical (unpaired) electrons. The Hall–Kier alpha value is -2.28. The third-order valence-corrected chi connectivity index (χ3v) is 10.1. The number of Topliss-reactive ketones (excluding diaryl/α,β-unsaturated/α-hetero) is 1. The number of piperazine rings is 1. The molecule has 188 valence electrons. The van der Waals surface area contributed by atoms with Crippen LogP contribution in [0, 0.1) is 11.8 Å². The molecule has 0 atom stereocenters. The van der Waals surface area contributed by atoms with E-state index in [1.54, 1.807) is 22.9 Å². The van der Waals surface area contributed by atoms with Gasteiger partial charge in [0.05, 0.1) is 4.70 Å². The first-order valence-electron chi connectivity index (χ1n) is 13.5. The molecule has 0 amide bonds. The van der Waals surface area contributed by atoms with Gasteiger partial charge in [0.25, 0.3) is 0 Å². The summed E-state index contributed by atoms with van der Waals surface area (Å²) in [6, 6.07) is 19.2. The van der Waals surface area contributed by atoms with Gasteiger partial charge in [0, 0.05) is 54.0 Å². The van der Waals surface area contributed by atoms with Gasteiger partial charge in [-0.2, -0.15) is 4.37 Å². The van der Waals surface area contributed by atoms with Crippen LogP contribution in [0.2, 0.25) is 0 Å². The molecule has 1 aliphatic carbocycles. The second kappa shape index (κ2) is 11.0. The van der Waals surface area contributed by atoms with E-state index in [1.807, 2.05) is 0 Å². The second-order valence-corrected chi connectivity index (χ2v) is 12.6. The van der Waals surface area contributed by atoms with Crippen LogP contribution in [0.25, 0.3) is 20.2 Å². The van der Waals surface area contributed by atoms with Gasteiger partial charge in [-0.3, -0.25) is 9.69 Å². The molecule has 1 aliphatic heterocycles. The van der Waals surface area contributed by atoms with Crippen LogP contribution in [0.5, 0.6) is 0 Å². The standard InChI is InChI=1S/C30H35N3OS2/c34-25(21-26-20-24-5-1-3-7-28(24)35-26)19-23-11-9-22(10-12-23)13-14-32-15-17-33(18-16-32)30-27-6-2-4-8-29(27)36-31-30/h1-8,20,22-23H,9-19,21H2. The topological polar surface area (TPSA) is 36.4 Å². The molecule has 0 unspecified atom stereocenters. The maximum absolute atomic E-state index is 12.7. The number of rotatable bonds is 8. The lowest BCUT2D eigenvalue weighted by atomic mass is 9.78. The molecule has 1 saturated heterocycles. The van der Waals surface area contributed by atoms with Crippen LogP contribution in [-0.2, 0) is 11.2 Å². The number of ketones is 1. The van der Waals surface area contributed by atoms with Crippen LogP contribution in [0.3, 0.4) is 0 Å². The Balaban J connectivity index is 0.905. The van der Waals surface area contributed by atoms with E-state index < -0.39 is 0 Å². The summed E-state index contributed by atoms with van der Waals surface area (Å²) in [4.78, 5) is 19.1. The SMILES string of the molecule is O=C(Cc1cc2ccccc2s1)CC1CCC(CCN2CCN(c3nsc4ccccc34)CC2)CC1. The molecule has 2 aromatic heterocycles. The molecule has 0 N–H and O–H groups in total. The molecule has 0 spiro atoms. The van der Waals surface area contributed by atoms with Crippen LogP contribution in [0.15, 0.2) is 54.6 Å². The lowest BCUT2D eigenvalue weighted by Gasteiger charge is -2.36. The molecular formula is C30H35N3OS2. The molecule has 2 aliphatic rings. The fourth-order valence-corrected chi connectivity index (χ4v) is 7.97. The van der Waals surface area contributed by atoms with Crippen LogP contribution in [0.4, 0.5) is 5.82 Å². The molecule has 0 bridgehead atoms. The minimum Gasteiger partial charge on any atom is -0.353 e. The zero-order valence-electron chi connectivity index (χ0n) is 20.9. The molecule has 3 heterocycles. The molecule has 1 saturated carbocycles. The number of hydrogen-bond donors (Lipinski definition) is 0.